The average molecular weight is 1800 g/mol. The highest BCUT2D eigenvalue weighted by Crippen LogP contribution is 2.65. The number of para-hydroxylation sites is 2. The summed E-state index contributed by atoms with van der Waals surface area (Å²) in [6.07, 6.45) is 36.6. The third-order valence-corrected chi connectivity index (χ3v) is 35.1. The van der Waals surface area contributed by atoms with Gasteiger partial charge in [0.25, 0.3) is 0 Å². The molecule has 0 atom stereocenters. The second-order valence-corrected chi connectivity index (χ2v) is 44.8. The van der Waals surface area contributed by atoms with E-state index in [4.69, 9.17) is 8.83 Å². The Morgan fingerprint density at radius 1 is 0.181 bits per heavy atom. The van der Waals surface area contributed by atoms with E-state index in [2.05, 4.69) is 362 Å². The molecule has 17 aromatic rings. The lowest BCUT2D eigenvalue weighted by Crippen LogP contribution is -2.25. The van der Waals surface area contributed by atoms with Crippen molar-refractivity contribution in [3.63, 3.8) is 0 Å². The van der Waals surface area contributed by atoms with E-state index in [1.807, 2.05) is 0 Å². The van der Waals surface area contributed by atoms with Crippen LogP contribution in [0.2, 0.25) is 0 Å². The van der Waals surface area contributed by atoms with Gasteiger partial charge in [0.2, 0.25) is 0 Å². The first-order valence-corrected chi connectivity index (χ1v) is 53.7. The maximum absolute atomic E-state index is 7.25. The van der Waals surface area contributed by atoms with E-state index in [1.54, 1.807) is 22.3 Å². The lowest BCUT2D eigenvalue weighted by molar-refractivity contribution is 0.398. The summed E-state index contributed by atoms with van der Waals surface area (Å²) in [4.78, 5) is 0. The Labute approximate surface area is 821 Å². The standard InChI is InChI=1S/C136H138O2/c1-13-17-21-25-29-41-73-135(74-42-30-26-22-18-14-2)111-49-37-33-45-97(111)103-71-65-95(81-119(103)135)93-63-69-101-99-67-61-91(77-113(99)131(5,6)115(101)79-93)87-53-57-89(58-54-87)107-83-121-125(127-105-47-35-39-51-123(105)137-129(107)127)109-85-118-110(86-117(109)133(121,9)10)126-122(134(118,11)12)84-108(130-128(126)106-48-36-40-52-124(106)138-130)90-59-55-88(56-60-90)92-62-68-100-102-70-64-94(80-116(102)132(7,8)114(100)78-92)96-66-72-104-98-46-34-38-50-112(98)136(120(104)82-96,75-43-31-27-23-19-15-3)76-44-32-28-24-20-16-4/h33-40,45-72,77-86H,13-32,41-44,73-76H2,1-12H3. The van der Waals surface area contributed by atoms with Crippen molar-refractivity contribution < 1.29 is 8.83 Å². The van der Waals surface area contributed by atoms with Gasteiger partial charge in [-0.25, -0.2) is 0 Å². The van der Waals surface area contributed by atoms with Gasteiger partial charge in [0.1, 0.15) is 22.3 Å². The van der Waals surface area contributed by atoms with Gasteiger partial charge in [0.05, 0.1) is 0 Å². The van der Waals surface area contributed by atoms with Gasteiger partial charge in [-0.05, 0) is 288 Å². The number of fused-ring (bicyclic) bond motifs is 26. The van der Waals surface area contributed by atoms with E-state index in [9.17, 15) is 0 Å². The van der Waals surface area contributed by atoms with Crippen LogP contribution in [0, 0.1) is 0 Å². The summed E-state index contributed by atoms with van der Waals surface area (Å²) in [5, 5.41) is 4.69. The molecule has 2 heterocycles. The van der Waals surface area contributed by atoms with Gasteiger partial charge in [-0.3, -0.25) is 0 Å². The molecule has 0 fully saturated rings. The second kappa shape index (κ2) is 35.7. The second-order valence-electron chi connectivity index (χ2n) is 44.8. The van der Waals surface area contributed by atoms with Gasteiger partial charge in [0.15, 0.2) is 0 Å². The van der Waals surface area contributed by atoms with Crippen LogP contribution in [0.25, 0.3) is 177 Å². The molecule has 6 aliphatic rings. The van der Waals surface area contributed by atoms with Crippen molar-refractivity contribution in [3.05, 3.63) is 346 Å². The van der Waals surface area contributed by atoms with Gasteiger partial charge in [0, 0.05) is 65.2 Å². The van der Waals surface area contributed by atoms with Crippen molar-refractivity contribution in [3.8, 4) is 134 Å². The van der Waals surface area contributed by atoms with Crippen LogP contribution in [0.5, 0.6) is 0 Å². The summed E-state index contributed by atoms with van der Waals surface area (Å²) in [7, 11) is 0. The predicted octanol–water partition coefficient (Wildman–Crippen LogP) is 40.2. The summed E-state index contributed by atoms with van der Waals surface area (Å²) in [6.45, 7) is 29.0. The highest BCUT2D eigenvalue weighted by atomic mass is 16.3. The minimum Gasteiger partial charge on any atom is -0.455 e. The molecule has 0 N–H and O–H groups in total. The normalized spacial score (nSPS) is 15.4. The Balaban J connectivity index is 0.530. The highest BCUT2D eigenvalue weighted by molar-refractivity contribution is 6.21. The Hall–Kier alpha value is -12.1. The van der Waals surface area contributed by atoms with Crippen LogP contribution >= 0.6 is 0 Å². The predicted molar refractivity (Wildman–Crippen MR) is 588 cm³/mol. The van der Waals surface area contributed by atoms with Crippen LogP contribution in [0.3, 0.4) is 0 Å². The first-order valence-electron chi connectivity index (χ1n) is 53.7. The highest BCUT2D eigenvalue weighted by Gasteiger charge is 2.49. The quantitative estimate of drug-likeness (QED) is 0.0376. The van der Waals surface area contributed by atoms with Crippen LogP contribution < -0.4 is 0 Å². The van der Waals surface area contributed by atoms with Crippen LogP contribution in [-0.2, 0) is 32.5 Å². The van der Waals surface area contributed by atoms with Gasteiger partial charge >= 0.3 is 0 Å². The summed E-state index contributed by atoms with van der Waals surface area (Å²) in [6, 6.07) is 110. The Morgan fingerprint density at radius 3 is 0.739 bits per heavy atom. The zero-order valence-electron chi connectivity index (χ0n) is 84.2. The molecule has 2 aromatic heterocycles. The largest absolute Gasteiger partial charge is 0.455 e. The van der Waals surface area contributed by atoms with Gasteiger partial charge in [-0.1, -0.05) is 443 Å². The molecule has 2 nitrogen and oxygen atoms in total. The molecule has 0 amide bonds. The van der Waals surface area contributed by atoms with E-state index < -0.39 is 0 Å². The van der Waals surface area contributed by atoms with Crippen LogP contribution in [-0.4, -0.2) is 0 Å². The van der Waals surface area contributed by atoms with E-state index in [0.717, 1.165) is 55.4 Å². The molecule has 0 bridgehead atoms. The lowest BCUT2D eigenvalue weighted by Gasteiger charge is -2.33. The van der Waals surface area contributed by atoms with Crippen molar-refractivity contribution in [2.45, 2.75) is 295 Å². The maximum atomic E-state index is 7.25. The first-order chi connectivity index (χ1) is 67.3. The minimum absolute atomic E-state index is 0.0387. The molecule has 0 radical (unpaired) electrons. The van der Waals surface area contributed by atoms with Crippen LogP contribution in [0.4, 0.5) is 0 Å². The SMILES string of the molecule is CCCCCCCCC1(CCCCCCCC)c2ccccc2-c2ccc(-c3ccc4c(c3)C(C)(C)c3cc(-c5ccc(-c6cc7c(c8c6oc6ccccc68)-c6cc8c(cc6C7(C)C)-c6c(cc(-c7ccc(-c9ccc%10c(c9)C(C)(C)c9cc(-c%11ccc%12c(c%11)C(CCCCCCCC)(CCCCCCCC)c%11ccccc%11-%12)ccc9-%10)cc7)c7oc9ccccc9c67)C8(C)C)cc5)ccc3-4)cc21. The Bertz CT molecular complexity index is 7130. The maximum Gasteiger partial charge on any atom is 0.143 e. The van der Waals surface area contributed by atoms with E-state index in [-0.39, 0.29) is 32.5 Å². The fraction of sp³-hybridized carbons (Fsp3) is 0.338. The molecule has 6 aliphatic carbocycles. The summed E-state index contributed by atoms with van der Waals surface area (Å²) in [5.41, 5.74) is 51.0. The molecule has 0 unspecified atom stereocenters. The molecule has 0 saturated carbocycles. The molecule has 23 rings (SSSR count). The van der Waals surface area contributed by atoms with Crippen molar-refractivity contribution >= 4 is 43.9 Å². The zero-order valence-corrected chi connectivity index (χ0v) is 84.2. The lowest BCUT2D eigenvalue weighted by atomic mass is 9.70. The number of furan rings is 2. The Morgan fingerprint density at radius 2 is 0.413 bits per heavy atom. The number of hydrogen-bond acceptors (Lipinski definition) is 2. The number of unbranched alkanes of at least 4 members (excludes halogenated alkanes) is 20. The third kappa shape index (κ3) is 14.6. The molecule has 694 valence electrons. The molecule has 138 heavy (non-hydrogen) atoms. The van der Waals surface area contributed by atoms with Crippen LogP contribution in [0.15, 0.2) is 288 Å². The first kappa shape index (κ1) is 89.8. The molecular formula is C136H138O2. The fourth-order valence-corrected chi connectivity index (χ4v) is 27.4. The molecule has 0 spiro atoms. The molecule has 0 aliphatic heterocycles. The molecule has 2 heteroatoms. The van der Waals surface area contributed by atoms with Gasteiger partial charge < -0.3 is 8.83 Å². The summed E-state index contributed by atoms with van der Waals surface area (Å²) < 4.78 is 14.5. The van der Waals surface area contributed by atoms with Gasteiger partial charge in [-0.2, -0.15) is 0 Å². The number of rotatable bonds is 34. The Kier molecular flexibility index (Phi) is 23.2. The van der Waals surface area contributed by atoms with E-state index in [0.29, 0.717) is 0 Å². The fourth-order valence-electron chi connectivity index (χ4n) is 27.4. The molecular weight excluding hydrogens is 1670 g/mol. The topological polar surface area (TPSA) is 26.3 Å². The molecule has 15 aromatic carbocycles. The summed E-state index contributed by atoms with van der Waals surface area (Å²) in [5.74, 6) is 0. The van der Waals surface area contributed by atoms with Crippen molar-refractivity contribution in [2.75, 3.05) is 0 Å². The van der Waals surface area contributed by atoms with Crippen LogP contribution in [0.1, 0.15) is 330 Å². The van der Waals surface area contributed by atoms with E-state index in [1.165, 1.54) is 346 Å². The smallest absolute Gasteiger partial charge is 0.143 e. The van der Waals surface area contributed by atoms with E-state index >= 15 is 0 Å². The summed E-state index contributed by atoms with van der Waals surface area (Å²) >= 11 is 0. The van der Waals surface area contributed by atoms with Gasteiger partial charge in [-0.15, -0.1) is 0 Å². The zero-order chi connectivity index (χ0) is 94.1. The minimum atomic E-state index is -0.366. The monoisotopic (exact) mass is 1800 g/mol. The van der Waals surface area contributed by atoms with Crippen molar-refractivity contribution in [1.29, 1.82) is 0 Å². The van der Waals surface area contributed by atoms with Crippen molar-refractivity contribution in [2.24, 2.45) is 0 Å². The third-order valence-electron chi connectivity index (χ3n) is 35.1. The number of hydrogen-bond donors (Lipinski definition) is 0. The molecule has 0 saturated heterocycles. The van der Waals surface area contributed by atoms with Crippen molar-refractivity contribution in [1.82, 2.24) is 0 Å². The number of benzene rings is 15. The average Bonchev–Trinajstić information content (AvgIpc) is 1.51.